The minimum Gasteiger partial charge on any atom is -0.544 e. The first-order valence-corrected chi connectivity index (χ1v) is 11.8. The number of hydrogen-bond donors (Lipinski definition) is 3. The van der Waals surface area contributed by atoms with E-state index in [1.165, 1.54) is 16.0 Å². The monoisotopic (exact) mass is 460 g/mol. The number of aromatic amines is 1. The van der Waals surface area contributed by atoms with E-state index in [0.29, 0.717) is 5.02 Å². The second kappa shape index (κ2) is 9.40. The van der Waals surface area contributed by atoms with Crippen molar-refractivity contribution in [3.8, 4) is 0 Å². The molecular formula is C27H27ClN3O2+. The van der Waals surface area contributed by atoms with Crippen LogP contribution in [0.3, 0.4) is 0 Å². The van der Waals surface area contributed by atoms with Crippen LogP contribution in [0.2, 0.25) is 5.02 Å². The number of piperazine rings is 1. The zero-order valence-corrected chi connectivity index (χ0v) is 19.0. The standard InChI is InChI=1S/C27H26ClN3O2/c28-21-11-12-24-22(17-21)23(18-29-24)26(27(32)33)31-15-13-30(14-16-31)25(19-7-3-1-4-8-19)20-9-5-2-6-10-20/h1-12,17-18,25-26,29H,13-16H2,(H,32,33)/p+1. The second-order valence-corrected chi connectivity index (χ2v) is 9.19. The molecule has 0 radical (unpaired) electrons. The van der Waals surface area contributed by atoms with Gasteiger partial charge in [0, 0.05) is 38.8 Å². The molecule has 1 fully saturated rings. The molecule has 5 rings (SSSR count). The summed E-state index contributed by atoms with van der Waals surface area (Å²) in [5.41, 5.74) is 4.20. The number of benzene rings is 3. The number of nitrogens with one attached hydrogen (secondary N) is 3. The number of fused-ring (bicyclic) bond motifs is 1. The molecule has 5 nitrogen and oxygen atoms in total. The summed E-state index contributed by atoms with van der Waals surface area (Å²) in [7, 11) is 0. The van der Waals surface area contributed by atoms with Gasteiger partial charge in [-0.15, -0.1) is 0 Å². The minimum absolute atomic E-state index is 0.224. The summed E-state index contributed by atoms with van der Waals surface area (Å²) in [6.45, 7) is 3.24. The number of quaternary nitrogens is 2. The molecule has 6 heteroatoms. The summed E-state index contributed by atoms with van der Waals surface area (Å²) < 4.78 is 0. The minimum atomic E-state index is -1.04. The van der Waals surface area contributed by atoms with Gasteiger partial charge < -0.3 is 24.7 Å². The molecule has 0 aliphatic carbocycles. The third-order valence-corrected chi connectivity index (χ3v) is 7.07. The highest BCUT2D eigenvalue weighted by Crippen LogP contribution is 2.26. The maximum atomic E-state index is 12.3. The number of H-pyrrole nitrogens is 1. The number of rotatable bonds is 6. The Morgan fingerprint density at radius 2 is 1.42 bits per heavy atom. The van der Waals surface area contributed by atoms with Crippen LogP contribution in [0.25, 0.3) is 10.9 Å². The zero-order chi connectivity index (χ0) is 22.8. The average Bonchev–Trinajstić information content (AvgIpc) is 3.24. The fourth-order valence-corrected chi connectivity index (χ4v) is 5.46. The average molecular weight is 461 g/mol. The van der Waals surface area contributed by atoms with Crippen LogP contribution in [-0.2, 0) is 4.79 Å². The SMILES string of the molecule is O=C([O-])C(c1c[nH]c2ccc(Cl)cc12)[NH+]1CC[NH+](C(c2ccccc2)c2ccccc2)CC1. The van der Waals surface area contributed by atoms with E-state index >= 15 is 0 Å². The van der Waals surface area contributed by atoms with Crippen molar-refractivity contribution >= 4 is 28.5 Å². The number of aliphatic carboxylic acids is 1. The van der Waals surface area contributed by atoms with E-state index in [1.54, 1.807) is 12.3 Å². The number of hydrogen-bond acceptors (Lipinski definition) is 2. The van der Waals surface area contributed by atoms with Gasteiger partial charge in [0.25, 0.3) is 0 Å². The molecule has 0 saturated carbocycles. The number of halogens is 1. The van der Waals surface area contributed by atoms with Crippen LogP contribution in [0.5, 0.6) is 0 Å². The molecule has 1 aromatic heterocycles. The van der Waals surface area contributed by atoms with Gasteiger partial charge in [-0.2, -0.15) is 0 Å². The Kier molecular flexibility index (Phi) is 6.18. The molecule has 33 heavy (non-hydrogen) atoms. The highest BCUT2D eigenvalue weighted by Gasteiger charge is 2.36. The number of carbonyl (C=O) groups is 1. The smallest absolute Gasteiger partial charge is 0.156 e. The van der Waals surface area contributed by atoms with Crippen LogP contribution < -0.4 is 14.9 Å². The van der Waals surface area contributed by atoms with Crippen molar-refractivity contribution in [2.45, 2.75) is 12.1 Å². The van der Waals surface area contributed by atoms with E-state index in [1.807, 2.05) is 24.3 Å². The number of carbonyl (C=O) groups excluding carboxylic acids is 1. The predicted molar refractivity (Wildman–Crippen MR) is 127 cm³/mol. The third kappa shape index (κ3) is 4.40. The van der Waals surface area contributed by atoms with Crippen LogP contribution >= 0.6 is 11.6 Å². The molecule has 1 aliphatic rings. The Balaban J connectivity index is 1.40. The summed E-state index contributed by atoms with van der Waals surface area (Å²) in [6.07, 6.45) is 1.80. The molecule has 1 unspecified atom stereocenters. The van der Waals surface area contributed by atoms with E-state index < -0.39 is 12.0 Å². The highest BCUT2D eigenvalue weighted by molar-refractivity contribution is 6.31. The van der Waals surface area contributed by atoms with Gasteiger partial charge in [-0.05, 0) is 18.2 Å². The van der Waals surface area contributed by atoms with Crippen molar-refractivity contribution in [1.29, 1.82) is 0 Å². The Morgan fingerprint density at radius 1 is 0.848 bits per heavy atom. The molecule has 0 bridgehead atoms. The van der Waals surface area contributed by atoms with Crippen molar-refractivity contribution in [2.24, 2.45) is 0 Å². The lowest BCUT2D eigenvalue weighted by molar-refractivity contribution is -1.03. The Bertz CT molecular complexity index is 1190. The maximum absolute atomic E-state index is 12.3. The van der Waals surface area contributed by atoms with E-state index in [-0.39, 0.29) is 6.04 Å². The van der Waals surface area contributed by atoms with Gasteiger partial charge in [0.2, 0.25) is 0 Å². The molecule has 1 atom stereocenters. The molecule has 3 N–H and O–H groups in total. The lowest BCUT2D eigenvalue weighted by Gasteiger charge is -2.38. The van der Waals surface area contributed by atoms with Crippen LogP contribution in [0.4, 0.5) is 0 Å². The van der Waals surface area contributed by atoms with E-state index in [9.17, 15) is 9.90 Å². The van der Waals surface area contributed by atoms with Crippen LogP contribution in [-0.4, -0.2) is 37.1 Å². The first kappa shape index (κ1) is 21.7. The normalized spacial score (nSPS) is 19.6. The van der Waals surface area contributed by atoms with Crippen molar-refractivity contribution in [3.05, 3.63) is 107 Å². The number of aromatic nitrogens is 1. The van der Waals surface area contributed by atoms with Gasteiger partial charge in [0.15, 0.2) is 6.04 Å². The predicted octanol–water partition coefficient (Wildman–Crippen LogP) is 1.19. The summed E-state index contributed by atoms with van der Waals surface area (Å²) >= 11 is 6.20. The van der Waals surface area contributed by atoms with Crippen LogP contribution in [0.15, 0.2) is 85.1 Å². The van der Waals surface area contributed by atoms with E-state index in [4.69, 9.17) is 11.6 Å². The van der Waals surface area contributed by atoms with Gasteiger partial charge in [-0.3, -0.25) is 0 Å². The van der Waals surface area contributed by atoms with Gasteiger partial charge in [-0.1, -0.05) is 72.3 Å². The Labute approximate surface area is 198 Å². The Morgan fingerprint density at radius 3 is 2.00 bits per heavy atom. The Hall–Kier alpha value is -3.12. The molecule has 1 aliphatic heterocycles. The molecule has 2 heterocycles. The molecule has 1 saturated heterocycles. The lowest BCUT2D eigenvalue weighted by Crippen LogP contribution is -3.28. The van der Waals surface area contributed by atoms with Gasteiger partial charge in [0.05, 0.1) is 0 Å². The molecule has 168 valence electrons. The van der Waals surface area contributed by atoms with Crippen molar-refractivity contribution in [2.75, 3.05) is 26.2 Å². The van der Waals surface area contributed by atoms with Gasteiger partial charge >= 0.3 is 0 Å². The summed E-state index contributed by atoms with van der Waals surface area (Å²) in [5, 5.41) is 13.7. The summed E-state index contributed by atoms with van der Waals surface area (Å²) in [6, 6.07) is 26.2. The van der Waals surface area contributed by atoms with Crippen LogP contribution in [0, 0.1) is 0 Å². The summed E-state index contributed by atoms with van der Waals surface area (Å²) in [4.78, 5) is 18.0. The number of carboxylic acids is 1. The lowest BCUT2D eigenvalue weighted by atomic mass is 9.96. The van der Waals surface area contributed by atoms with Gasteiger partial charge in [0.1, 0.15) is 38.2 Å². The van der Waals surface area contributed by atoms with Crippen molar-refractivity contribution < 1.29 is 19.7 Å². The molecule has 0 amide bonds. The zero-order valence-electron chi connectivity index (χ0n) is 18.3. The first-order chi connectivity index (χ1) is 16.1. The molecule has 0 spiro atoms. The molecular weight excluding hydrogens is 434 g/mol. The molecule has 3 aromatic carbocycles. The van der Waals surface area contributed by atoms with E-state index in [2.05, 4.69) is 53.5 Å². The summed E-state index contributed by atoms with van der Waals surface area (Å²) in [5.74, 6) is -1.04. The molecule has 4 aromatic rings. The topological polar surface area (TPSA) is 64.8 Å². The number of carboxylic acid groups (broad SMARTS) is 1. The van der Waals surface area contributed by atoms with Crippen LogP contribution in [0.1, 0.15) is 28.8 Å². The highest BCUT2D eigenvalue weighted by atomic mass is 35.5. The fraction of sp³-hybridized carbons (Fsp3) is 0.222. The fourth-order valence-electron chi connectivity index (χ4n) is 5.29. The largest absolute Gasteiger partial charge is 0.544 e. The second-order valence-electron chi connectivity index (χ2n) is 8.76. The first-order valence-electron chi connectivity index (χ1n) is 11.4. The van der Waals surface area contributed by atoms with Crippen molar-refractivity contribution in [1.82, 2.24) is 4.98 Å². The third-order valence-electron chi connectivity index (χ3n) is 6.84. The maximum Gasteiger partial charge on any atom is 0.156 e. The van der Waals surface area contributed by atoms with Crippen molar-refractivity contribution in [3.63, 3.8) is 0 Å². The quantitative estimate of drug-likeness (QED) is 0.404. The van der Waals surface area contributed by atoms with E-state index in [0.717, 1.165) is 47.5 Å². The van der Waals surface area contributed by atoms with Gasteiger partial charge in [-0.25, -0.2) is 0 Å².